The van der Waals surface area contributed by atoms with Crippen molar-refractivity contribution in [3.05, 3.63) is 0 Å². The van der Waals surface area contributed by atoms with Crippen LogP contribution in [0.3, 0.4) is 0 Å². The van der Waals surface area contributed by atoms with Gasteiger partial charge >= 0.3 is 0 Å². The number of hydrogen-bond donors (Lipinski definition) is 0. The lowest BCUT2D eigenvalue weighted by atomic mass is 10.2. The Morgan fingerprint density at radius 3 is 2.30 bits per heavy atom. The van der Waals surface area contributed by atoms with Crippen LogP contribution in [0.25, 0.3) is 0 Å². The zero-order valence-corrected chi connectivity index (χ0v) is 9.11. The molecule has 0 aliphatic heterocycles. The Labute approximate surface area is 71.3 Å². The highest BCUT2D eigenvalue weighted by atomic mass is 35.6. The Morgan fingerprint density at radius 1 is 1.10 bits per heavy atom. The van der Waals surface area contributed by atoms with Gasteiger partial charge < -0.3 is 0 Å². The lowest BCUT2D eigenvalue weighted by Crippen LogP contribution is -1.99. The molecule has 0 aromatic rings. The second-order valence-corrected chi connectivity index (χ2v) is 7.29. The molecule has 0 aromatic heterocycles. The monoisotopic (exact) mass is 178 g/mol. The molecule has 1 unspecified atom stereocenters. The molecule has 1 atom stereocenters. The fourth-order valence-electron chi connectivity index (χ4n) is 0.997. The van der Waals surface area contributed by atoms with Crippen LogP contribution in [0, 0.1) is 0 Å². The smallest absolute Gasteiger partial charge is 0.140 e. The maximum Gasteiger partial charge on any atom is 0.140 e. The highest BCUT2D eigenvalue weighted by Gasteiger charge is 2.01. The Balaban J connectivity index is 2.89. The molecular weight excluding hydrogens is 160 g/mol. The van der Waals surface area contributed by atoms with Gasteiger partial charge in [0.15, 0.2) is 0 Å². The quantitative estimate of drug-likeness (QED) is 0.332. The minimum atomic E-state index is -0.752. The number of rotatable bonds is 6. The Hall–Kier alpha value is 0.507. The Bertz CT molecular complexity index is 66.3. The van der Waals surface area contributed by atoms with E-state index < -0.39 is 8.11 Å². The van der Waals surface area contributed by atoms with Gasteiger partial charge in [0, 0.05) is 0 Å². The standard InChI is InChI=1S/C8H19ClSi/c1-3-5-6-7-8-10(9)4-2/h10H,3-8H2,1-2H3. The van der Waals surface area contributed by atoms with Crippen molar-refractivity contribution in [2.45, 2.75) is 51.6 Å². The summed E-state index contributed by atoms with van der Waals surface area (Å²) in [5.41, 5.74) is 0. The highest BCUT2D eigenvalue weighted by Crippen LogP contribution is 2.10. The van der Waals surface area contributed by atoms with Gasteiger partial charge in [0.05, 0.1) is 0 Å². The molecule has 0 saturated carbocycles. The van der Waals surface area contributed by atoms with Crippen molar-refractivity contribution < 1.29 is 0 Å². The fourth-order valence-corrected chi connectivity index (χ4v) is 2.60. The van der Waals surface area contributed by atoms with E-state index in [-0.39, 0.29) is 0 Å². The third kappa shape index (κ3) is 6.62. The van der Waals surface area contributed by atoms with E-state index in [4.69, 9.17) is 11.1 Å². The minimum Gasteiger partial charge on any atom is -0.172 e. The van der Waals surface area contributed by atoms with E-state index in [1.165, 1.54) is 37.8 Å². The fraction of sp³-hybridized carbons (Fsp3) is 1.00. The van der Waals surface area contributed by atoms with Gasteiger partial charge in [-0.1, -0.05) is 39.5 Å². The summed E-state index contributed by atoms with van der Waals surface area (Å²) in [5, 5.41) is 0. The average molecular weight is 179 g/mol. The highest BCUT2D eigenvalue weighted by molar-refractivity contribution is 7.06. The molecule has 0 nitrogen and oxygen atoms in total. The van der Waals surface area contributed by atoms with Crippen molar-refractivity contribution in [1.29, 1.82) is 0 Å². The van der Waals surface area contributed by atoms with Crippen LogP contribution in [0.15, 0.2) is 0 Å². The van der Waals surface area contributed by atoms with Crippen LogP contribution in [-0.2, 0) is 0 Å². The molecule has 62 valence electrons. The third-order valence-electron chi connectivity index (χ3n) is 1.81. The molecule has 0 aliphatic rings. The first-order chi connectivity index (χ1) is 4.81. The molecule has 10 heavy (non-hydrogen) atoms. The summed E-state index contributed by atoms with van der Waals surface area (Å²) in [5.74, 6) is 0. The largest absolute Gasteiger partial charge is 0.172 e. The zero-order chi connectivity index (χ0) is 7.82. The first-order valence-corrected chi connectivity index (χ1v) is 7.83. The molecule has 0 spiro atoms. The van der Waals surface area contributed by atoms with Crippen LogP contribution in [0.1, 0.15) is 39.5 Å². The summed E-state index contributed by atoms with van der Waals surface area (Å²) < 4.78 is 0. The van der Waals surface area contributed by atoms with Crippen molar-refractivity contribution in [1.82, 2.24) is 0 Å². The van der Waals surface area contributed by atoms with Gasteiger partial charge in [-0.25, -0.2) is 0 Å². The summed E-state index contributed by atoms with van der Waals surface area (Å²) in [6.45, 7) is 4.46. The summed E-state index contributed by atoms with van der Waals surface area (Å²) in [7, 11) is -0.752. The SMILES string of the molecule is CCCCCC[SiH](Cl)CC. The van der Waals surface area contributed by atoms with Crippen LogP contribution in [0.2, 0.25) is 12.1 Å². The molecule has 0 aromatic carbocycles. The van der Waals surface area contributed by atoms with E-state index in [1.807, 2.05) is 0 Å². The van der Waals surface area contributed by atoms with Crippen LogP contribution < -0.4 is 0 Å². The van der Waals surface area contributed by atoms with Crippen LogP contribution in [-0.4, -0.2) is 8.11 Å². The molecular formula is C8H19ClSi. The van der Waals surface area contributed by atoms with E-state index in [2.05, 4.69) is 13.8 Å². The number of unbranched alkanes of at least 4 members (excludes halogenated alkanes) is 3. The molecule has 0 aliphatic carbocycles. The van der Waals surface area contributed by atoms with E-state index in [0.29, 0.717) is 0 Å². The molecule has 0 heterocycles. The van der Waals surface area contributed by atoms with E-state index in [9.17, 15) is 0 Å². The van der Waals surface area contributed by atoms with Gasteiger partial charge in [-0.2, -0.15) is 11.1 Å². The van der Waals surface area contributed by atoms with E-state index in [0.717, 1.165) is 0 Å². The zero-order valence-electron chi connectivity index (χ0n) is 7.20. The van der Waals surface area contributed by atoms with Crippen molar-refractivity contribution in [2.24, 2.45) is 0 Å². The third-order valence-corrected chi connectivity index (χ3v) is 5.32. The van der Waals surface area contributed by atoms with Gasteiger partial charge in [0.1, 0.15) is 8.11 Å². The number of hydrogen-bond acceptors (Lipinski definition) is 0. The first-order valence-electron chi connectivity index (χ1n) is 4.45. The maximum absolute atomic E-state index is 6.08. The van der Waals surface area contributed by atoms with Gasteiger partial charge in [-0.15, -0.1) is 0 Å². The summed E-state index contributed by atoms with van der Waals surface area (Å²) in [6.07, 6.45) is 5.50. The lowest BCUT2D eigenvalue weighted by molar-refractivity contribution is 0.699. The van der Waals surface area contributed by atoms with Crippen LogP contribution >= 0.6 is 11.1 Å². The lowest BCUT2D eigenvalue weighted by Gasteiger charge is -2.02. The topological polar surface area (TPSA) is 0 Å². The van der Waals surface area contributed by atoms with E-state index in [1.54, 1.807) is 0 Å². The molecule has 0 rings (SSSR count). The average Bonchev–Trinajstić information content (AvgIpc) is 1.98. The molecule has 2 heteroatoms. The summed E-state index contributed by atoms with van der Waals surface area (Å²) in [6, 6.07) is 2.60. The second-order valence-electron chi connectivity index (χ2n) is 2.85. The van der Waals surface area contributed by atoms with Crippen molar-refractivity contribution >= 4 is 19.2 Å². The van der Waals surface area contributed by atoms with Crippen LogP contribution in [0.5, 0.6) is 0 Å². The predicted molar refractivity (Wildman–Crippen MR) is 52.4 cm³/mol. The molecule has 0 fully saturated rings. The van der Waals surface area contributed by atoms with E-state index >= 15 is 0 Å². The molecule has 0 bridgehead atoms. The normalized spacial score (nSPS) is 13.5. The van der Waals surface area contributed by atoms with Gasteiger partial charge in [-0.3, -0.25) is 0 Å². The van der Waals surface area contributed by atoms with Gasteiger partial charge in [0.25, 0.3) is 0 Å². The van der Waals surface area contributed by atoms with Gasteiger partial charge in [-0.05, 0) is 12.1 Å². The summed E-state index contributed by atoms with van der Waals surface area (Å²) >= 11 is 6.08. The van der Waals surface area contributed by atoms with Gasteiger partial charge in [0.2, 0.25) is 0 Å². The number of halogens is 1. The van der Waals surface area contributed by atoms with Crippen molar-refractivity contribution in [2.75, 3.05) is 0 Å². The van der Waals surface area contributed by atoms with Crippen molar-refractivity contribution in [3.63, 3.8) is 0 Å². The molecule has 0 saturated heterocycles. The molecule has 0 amide bonds. The van der Waals surface area contributed by atoms with Crippen molar-refractivity contribution in [3.8, 4) is 0 Å². The van der Waals surface area contributed by atoms with Crippen LogP contribution in [0.4, 0.5) is 0 Å². The first kappa shape index (κ1) is 10.5. The molecule has 0 radical (unpaired) electrons. The minimum absolute atomic E-state index is 0.752. The Morgan fingerprint density at radius 2 is 1.80 bits per heavy atom. The Kier molecular flexibility index (Phi) is 8.00. The molecule has 0 N–H and O–H groups in total. The maximum atomic E-state index is 6.08. The summed E-state index contributed by atoms with van der Waals surface area (Å²) in [4.78, 5) is 0. The second kappa shape index (κ2) is 7.61. The predicted octanol–water partition coefficient (Wildman–Crippen LogP) is 3.55.